The molecule has 7 heteroatoms. The van der Waals surface area contributed by atoms with Crippen molar-refractivity contribution in [2.24, 2.45) is 0 Å². The van der Waals surface area contributed by atoms with Gasteiger partial charge in [0, 0.05) is 17.3 Å². The Kier molecular flexibility index (Phi) is 4.37. The molecule has 0 heterocycles. The molecule has 0 radical (unpaired) electrons. The van der Waals surface area contributed by atoms with Crippen LogP contribution in [0.3, 0.4) is 0 Å². The molecule has 0 aliphatic rings. The molecule has 1 N–H and O–H groups in total. The zero-order valence-corrected chi connectivity index (χ0v) is 11.2. The topological polar surface area (TPSA) is 12.0 Å². The quantitative estimate of drug-likeness (QED) is 0.761. The molecule has 0 unspecified atom stereocenters. The lowest BCUT2D eigenvalue weighted by atomic mass is 10.1. The van der Waals surface area contributed by atoms with Crippen LogP contribution >= 0.6 is 11.6 Å². The van der Waals surface area contributed by atoms with Gasteiger partial charge in [0.25, 0.3) is 0 Å². The molecule has 0 aromatic heterocycles. The van der Waals surface area contributed by atoms with Gasteiger partial charge < -0.3 is 5.32 Å². The number of hydrogen-bond acceptors (Lipinski definition) is 1. The SMILES string of the molecule is Fc1cc(Cl)cc(NCc2cc(F)cc(C(F)(F)F)c2)c1. The van der Waals surface area contributed by atoms with Crippen LogP contribution in [0.2, 0.25) is 5.02 Å². The first-order valence-corrected chi connectivity index (χ1v) is 6.18. The highest BCUT2D eigenvalue weighted by Gasteiger charge is 2.31. The number of anilines is 1. The highest BCUT2D eigenvalue weighted by molar-refractivity contribution is 6.30. The van der Waals surface area contributed by atoms with Gasteiger partial charge >= 0.3 is 6.18 Å². The zero-order chi connectivity index (χ0) is 15.6. The Balaban J connectivity index is 2.18. The molecule has 2 aromatic rings. The molecule has 0 atom stereocenters. The molecule has 0 aliphatic carbocycles. The molecule has 0 saturated heterocycles. The van der Waals surface area contributed by atoms with E-state index in [4.69, 9.17) is 11.6 Å². The third-order valence-corrected chi connectivity index (χ3v) is 2.86. The van der Waals surface area contributed by atoms with E-state index in [2.05, 4.69) is 5.32 Å². The summed E-state index contributed by atoms with van der Waals surface area (Å²) in [5, 5.41) is 2.84. The minimum Gasteiger partial charge on any atom is -0.381 e. The van der Waals surface area contributed by atoms with Crippen LogP contribution < -0.4 is 5.32 Å². The Morgan fingerprint density at radius 3 is 2.19 bits per heavy atom. The van der Waals surface area contributed by atoms with E-state index in [1.165, 1.54) is 6.07 Å². The van der Waals surface area contributed by atoms with E-state index in [-0.39, 0.29) is 22.8 Å². The minimum atomic E-state index is -4.63. The van der Waals surface area contributed by atoms with Crippen LogP contribution in [0.15, 0.2) is 36.4 Å². The van der Waals surface area contributed by atoms with Crippen LogP contribution in [-0.4, -0.2) is 0 Å². The van der Waals surface area contributed by atoms with Crippen molar-refractivity contribution in [3.8, 4) is 0 Å². The van der Waals surface area contributed by atoms with Crippen LogP contribution in [0, 0.1) is 11.6 Å². The van der Waals surface area contributed by atoms with E-state index in [1.54, 1.807) is 0 Å². The van der Waals surface area contributed by atoms with Gasteiger partial charge in [0.1, 0.15) is 11.6 Å². The number of hydrogen-bond donors (Lipinski definition) is 1. The Bertz CT molecular complexity index is 634. The first kappa shape index (κ1) is 15.6. The average Bonchev–Trinajstić information content (AvgIpc) is 2.33. The number of rotatable bonds is 3. The Morgan fingerprint density at radius 1 is 0.905 bits per heavy atom. The maximum atomic E-state index is 13.2. The van der Waals surface area contributed by atoms with E-state index in [1.807, 2.05) is 0 Å². The maximum absolute atomic E-state index is 13.2. The lowest BCUT2D eigenvalue weighted by molar-refractivity contribution is -0.137. The summed E-state index contributed by atoms with van der Waals surface area (Å²) in [7, 11) is 0. The van der Waals surface area contributed by atoms with E-state index < -0.39 is 23.4 Å². The average molecular weight is 322 g/mol. The molecular formula is C14H9ClF5N. The molecule has 0 bridgehead atoms. The number of halogens is 6. The number of nitrogens with one attached hydrogen (secondary N) is 1. The van der Waals surface area contributed by atoms with Gasteiger partial charge in [-0.1, -0.05) is 11.6 Å². The summed E-state index contributed by atoms with van der Waals surface area (Å²) in [6.45, 7) is -0.0966. The summed E-state index contributed by atoms with van der Waals surface area (Å²) in [4.78, 5) is 0. The molecule has 112 valence electrons. The Labute approximate surface area is 122 Å². The van der Waals surface area contributed by atoms with Gasteiger partial charge in [0.2, 0.25) is 0 Å². The van der Waals surface area contributed by atoms with Gasteiger partial charge in [-0.15, -0.1) is 0 Å². The van der Waals surface area contributed by atoms with E-state index in [9.17, 15) is 22.0 Å². The Hall–Kier alpha value is -1.82. The number of alkyl halides is 3. The summed E-state index contributed by atoms with van der Waals surface area (Å²) in [6.07, 6.45) is -4.63. The number of benzene rings is 2. The fraction of sp³-hybridized carbons (Fsp3) is 0.143. The lowest BCUT2D eigenvalue weighted by Gasteiger charge is -2.11. The summed E-state index contributed by atoms with van der Waals surface area (Å²) >= 11 is 5.65. The fourth-order valence-electron chi connectivity index (χ4n) is 1.78. The van der Waals surface area contributed by atoms with Gasteiger partial charge in [-0.05, 0) is 42.0 Å². The second kappa shape index (κ2) is 5.89. The van der Waals surface area contributed by atoms with E-state index in [0.717, 1.165) is 24.3 Å². The van der Waals surface area contributed by atoms with Crippen molar-refractivity contribution in [2.45, 2.75) is 12.7 Å². The van der Waals surface area contributed by atoms with Crippen LogP contribution in [0.5, 0.6) is 0 Å². The highest BCUT2D eigenvalue weighted by atomic mass is 35.5. The first-order chi connectivity index (χ1) is 9.74. The largest absolute Gasteiger partial charge is 0.416 e. The summed E-state index contributed by atoms with van der Waals surface area (Å²) in [5.74, 6) is -1.57. The van der Waals surface area contributed by atoms with Gasteiger partial charge in [0.05, 0.1) is 5.56 Å². The fourth-order valence-corrected chi connectivity index (χ4v) is 2.00. The van der Waals surface area contributed by atoms with Crippen molar-refractivity contribution in [1.82, 2.24) is 0 Å². The lowest BCUT2D eigenvalue weighted by Crippen LogP contribution is -2.08. The molecular weight excluding hydrogens is 313 g/mol. The molecule has 1 nitrogen and oxygen atoms in total. The molecule has 2 rings (SSSR count). The second-order valence-corrected chi connectivity index (χ2v) is 4.79. The van der Waals surface area contributed by atoms with Gasteiger partial charge in [-0.3, -0.25) is 0 Å². The van der Waals surface area contributed by atoms with Crippen LogP contribution in [-0.2, 0) is 12.7 Å². The molecule has 0 fully saturated rings. The predicted octanol–water partition coefficient (Wildman–Crippen LogP) is 5.25. The first-order valence-electron chi connectivity index (χ1n) is 5.81. The second-order valence-electron chi connectivity index (χ2n) is 4.36. The summed E-state index contributed by atoms with van der Waals surface area (Å²) in [6, 6.07) is 5.86. The third-order valence-electron chi connectivity index (χ3n) is 2.64. The van der Waals surface area contributed by atoms with Crippen LogP contribution in [0.4, 0.5) is 27.6 Å². The normalized spacial score (nSPS) is 11.5. The monoisotopic (exact) mass is 321 g/mol. The molecule has 0 saturated carbocycles. The predicted molar refractivity (Wildman–Crippen MR) is 70.1 cm³/mol. The molecule has 0 aliphatic heterocycles. The van der Waals surface area contributed by atoms with Gasteiger partial charge in [0.15, 0.2) is 0 Å². The van der Waals surface area contributed by atoms with Gasteiger partial charge in [-0.25, -0.2) is 8.78 Å². The molecule has 2 aromatic carbocycles. The van der Waals surface area contributed by atoms with Crippen LogP contribution in [0.25, 0.3) is 0 Å². The van der Waals surface area contributed by atoms with Crippen molar-refractivity contribution in [3.63, 3.8) is 0 Å². The van der Waals surface area contributed by atoms with Crippen molar-refractivity contribution in [1.29, 1.82) is 0 Å². The standard InChI is InChI=1S/C14H9ClF5N/c15-10-4-12(17)6-13(5-10)21-7-8-1-9(14(18,19)20)3-11(16)2-8/h1-6,21H,7H2. The van der Waals surface area contributed by atoms with Crippen molar-refractivity contribution in [2.75, 3.05) is 5.32 Å². The zero-order valence-electron chi connectivity index (χ0n) is 10.4. The van der Waals surface area contributed by atoms with Crippen LogP contribution in [0.1, 0.15) is 11.1 Å². The van der Waals surface area contributed by atoms with Crippen molar-refractivity contribution >= 4 is 17.3 Å². The van der Waals surface area contributed by atoms with Crippen molar-refractivity contribution in [3.05, 3.63) is 64.2 Å². The molecule has 21 heavy (non-hydrogen) atoms. The third kappa shape index (κ3) is 4.32. The molecule has 0 spiro atoms. The van der Waals surface area contributed by atoms with Crippen molar-refractivity contribution < 1.29 is 22.0 Å². The smallest absolute Gasteiger partial charge is 0.381 e. The molecule has 0 amide bonds. The van der Waals surface area contributed by atoms with Gasteiger partial charge in [-0.2, -0.15) is 13.2 Å². The highest BCUT2D eigenvalue weighted by Crippen LogP contribution is 2.30. The summed E-state index contributed by atoms with van der Waals surface area (Å²) in [5.41, 5.74) is -0.697. The van der Waals surface area contributed by atoms with E-state index >= 15 is 0 Å². The maximum Gasteiger partial charge on any atom is 0.416 e. The Morgan fingerprint density at radius 2 is 1.57 bits per heavy atom. The minimum absolute atomic E-state index is 0.0858. The summed E-state index contributed by atoms with van der Waals surface area (Å²) < 4.78 is 64.0. The van der Waals surface area contributed by atoms with E-state index in [0.29, 0.717) is 6.07 Å².